The summed E-state index contributed by atoms with van der Waals surface area (Å²) in [7, 11) is 2.03. The average Bonchev–Trinajstić information content (AvgIpc) is 2.55. The average molecular weight is 332 g/mol. The van der Waals surface area contributed by atoms with E-state index in [9.17, 15) is 4.79 Å². The summed E-state index contributed by atoms with van der Waals surface area (Å²) in [6, 6.07) is 9.58. The smallest absolute Gasteiger partial charge is 0.225 e. The highest BCUT2D eigenvalue weighted by molar-refractivity contribution is 6.31. The number of hydrogen-bond donors (Lipinski definition) is 1. The Morgan fingerprint density at radius 2 is 1.96 bits per heavy atom. The van der Waals surface area contributed by atoms with E-state index in [0.29, 0.717) is 11.4 Å². The molecule has 0 saturated carbocycles. The number of aryl methyl sites for hydroxylation is 1. The van der Waals surface area contributed by atoms with Crippen molar-refractivity contribution in [3.05, 3.63) is 58.9 Å². The molecule has 1 aromatic carbocycles. The Morgan fingerprint density at radius 3 is 2.65 bits per heavy atom. The summed E-state index contributed by atoms with van der Waals surface area (Å²) < 4.78 is 0. The van der Waals surface area contributed by atoms with Gasteiger partial charge in [-0.3, -0.25) is 9.78 Å². The number of nitrogens with zero attached hydrogens (tertiary/aromatic N) is 2. The van der Waals surface area contributed by atoms with Crippen LogP contribution >= 0.6 is 11.6 Å². The minimum absolute atomic E-state index is 0.000630. The van der Waals surface area contributed by atoms with Gasteiger partial charge < -0.3 is 10.2 Å². The molecule has 4 nitrogen and oxygen atoms in total. The van der Waals surface area contributed by atoms with Gasteiger partial charge in [0.2, 0.25) is 5.91 Å². The lowest BCUT2D eigenvalue weighted by Gasteiger charge is -2.16. The van der Waals surface area contributed by atoms with E-state index in [-0.39, 0.29) is 5.91 Å². The second kappa shape index (κ2) is 8.65. The molecule has 0 atom stereocenters. The van der Waals surface area contributed by atoms with Crippen LogP contribution in [0.2, 0.25) is 5.02 Å². The van der Waals surface area contributed by atoms with Crippen molar-refractivity contribution < 1.29 is 4.79 Å². The molecular weight excluding hydrogens is 310 g/mol. The van der Waals surface area contributed by atoms with E-state index in [1.807, 2.05) is 38.2 Å². The molecule has 0 unspecified atom stereocenters. The van der Waals surface area contributed by atoms with Gasteiger partial charge in [-0.2, -0.15) is 0 Å². The van der Waals surface area contributed by atoms with Crippen LogP contribution < -0.4 is 5.32 Å². The molecule has 1 N–H and O–H groups in total. The predicted octanol–water partition coefficient (Wildman–Crippen LogP) is 3.55. The number of nitrogens with one attached hydrogen (secondary N) is 1. The zero-order valence-corrected chi connectivity index (χ0v) is 14.3. The molecule has 5 heteroatoms. The van der Waals surface area contributed by atoms with E-state index in [2.05, 4.69) is 15.2 Å². The molecule has 0 spiro atoms. The maximum absolute atomic E-state index is 12.0. The lowest BCUT2D eigenvalue weighted by atomic mass is 10.2. The summed E-state index contributed by atoms with van der Waals surface area (Å²) in [4.78, 5) is 18.2. The fraction of sp³-hybridized carbons (Fsp3) is 0.333. The number of carbonyl (C=O) groups is 1. The number of aromatic nitrogens is 1. The quantitative estimate of drug-likeness (QED) is 0.844. The van der Waals surface area contributed by atoms with Crippen molar-refractivity contribution in [2.75, 3.05) is 25.5 Å². The highest BCUT2D eigenvalue weighted by Gasteiger charge is 2.06. The van der Waals surface area contributed by atoms with Gasteiger partial charge in [0, 0.05) is 42.6 Å². The molecule has 1 heterocycles. The van der Waals surface area contributed by atoms with E-state index in [4.69, 9.17) is 11.6 Å². The van der Waals surface area contributed by atoms with Crippen molar-refractivity contribution in [1.82, 2.24) is 9.88 Å². The molecule has 2 aromatic rings. The van der Waals surface area contributed by atoms with Crippen LogP contribution in [0.1, 0.15) is 17.5 Å². The first kappa shape index (κ1) is 17.4. The number of hydrogen-bond acceptors (Lipinski definition) is 3. The van der Waals surface area contributed by atoms with Gasteiger partial charge in [0.1, 0.15) is 0 Å². The topological polar surface area (TPSA) is 45.2 Å². The second-order valence-corrected chi connectivity index (χ2v) is 6.08. The minimum atomic E-state index is 0.000630. The van der Waals surface area contributed by atoms with Crippen LogP contribution in [-0.4, -0.2) is 35.9 Å². The molecule has 2 rings (SSSR count). The molecule has 0 fully saturated rings. The van der Waals surface area contributed by atoms with Crippen LogP contribution in [0, 0.1) is 6.92 Å². The van der Waals surface area contributed by atoms with Gasteiger partial charge in [0.15, 0.2) is 0 Å². The first-order valence-electron chi connectivity index (χ1n) is 7.68. The van der Waals surface area contributed by atoms with Gasteiger partial charge in [-0.1, -0.05) is 17.7 Å². The van der Waals surface area contributed by atoms with Crippen molar-refractivity contribution in [3.63, 3.8) is 0 Å². The maximum atomic E-state index is 12.0. The van der Waals surface area contributed by atoms with E-state index in [1.165, 1.54) is 5.56 Å². The Labute approximate surface area is 142 Å². The lowest BCUT2D eigenvalue weighted by molar-refractivity contribution is -0.116. The SMILES string of the molecule is Cc1ccc(NC(=O)CCN(C)CCc2ccncc2)cc1Cl. The molecule has 0 aliphatic rings. The maximum Gasteiger partial charge on any atom is 0.225 e. The number of amides is 1. The van der Waals surface area contributed by atoms with E-state index in [1.54, 1.807) is 18.5 Å². The molecule has 0 saturated heterocycles. The highest BCUT2D eigenvalue weighted by atomic mass is 35.5. The number of rotatable bonds is 7. The third-order valence-electron chi connectivity index (χ3n) is 3.71. The molecule has 0 radical (unpaired) electrons. The van der Waals surface area contributed by atoms with Crippen LogP contribution in [0.3, 0.4) is 0 Å². The Balaban J connectivity index is 1.72. The van der Waals surface area contributed by atoms with Crippen LogP contribution in [-0.2, 0) is 11.2 Å². The highest BCUT2D eigenvalue weighted by Crippen LogP contribution is 2.20. The third-order valence-corrected chi connectivity index (χ3v) is 4.11. The summed E-state index contributed by atoms with van der Waals surface area (Å²) in [6.45, 7) is 3.57. The van der Waals surface area contributed by atoms with Crippen molar-refractivity contribution in [3.8, 4) is 0 Å². The van der Waals surface area contributed by atoms with E-state index >= 15 is 0 Å². The zero-order valence-electron chi connectivity index (χ0n) is 13.6. The van der Waals surface area contributed by atoms with E-state index in [0.717, 1.165) is 30.8 Å². The Bertz CT molecular complexity index is 646. The first-order chi connectivity index (χ1) is 11.0. The van der Waals surface area contributed by atoms with Gasteiger partial charge >= 0.3 is 0 Å². The molecule has 1 aromatic heterocycles. The Kier molecular flexibility index (Phi) is 6.56. The molecule has 122 valence electrons. The Morgan fingerprint density at radius 1 is 1.22 bits per heavy atom. The molecule has 0 bridgehead atoms. The molecule has 0 aliphatic heterocycles. The zero-order chi connectivity index (χ0) is 16.7. The number of carbonyl (C=O) groups excluding carboxylic acids is 1. The monoisotopic (exact) mass is 331 g/mol. The molecule has 0 aliphatic carbocycles. The van der Waals surface area contributed by atoms with Gasteiger partial charge in [0.05, 0.1) is 0 Å². The Hall–Kier alpha value is -1.91. The number of halogens is 1. The summed E-state index contributed by atoms with van der Waals surface area (Å²) in [5.74, 6) is 0.000630. The summed E-state index contributed by atoms with van der Waals surface area (Å²) >= 11 is 6.06. The van der Waals surface area contributed by atoms with Gasteiger partial charge in [0.25, 0.3) is 0 Å². The number of likely N-dealkylation sites (N-methyl/N-ethyl adjacent to an activating group) is 1. The predicted molar refractivity (Wildman–Crippen MR) is 94.9 cm³/mol. The number of benzene rings is 1. The van der Waals surface area contributed by atoms with Crippen LogP contribution in [0.4, 0.5) is 5.69 Å². The van der Waals surface area contributed by atoms with Crippen LogP contribution in [0.15, 0.2) is 42.7 Å². The standard InChI is InChI=1S/C18H22ClN3O/c1-14-3-4-16(13-17(14)19)21-18(23)8-12-22(2)11-7-15-5-9-20-10-6-15/h3-6,9-10,13H,7-8,11-12H2,1-2H3,(H,21,23). The normalized spacial score (nSPS) is 10.8. The van der Waals surface area contributed by atoms with Crippen LogP contribution in [0.5, 0.6) is 0 Å². The molecule has 1 amide bonds. The fourth-order valence-electron chi connectivity index (χ4n) is 2.17. The second-order valence-electron chi connectivity index (χ2n) is 5.67. The van der Waals surface area contributed by atoms with E-state index < -0.39 is 0 Å². The van der Waals surface area contributed by atoms with Crippen molar-refractivity contribution in [2.45, 2.75) is 19.8 Å². The van der Waals surface area contributed by atoms with Gasteiger partial charge in [-0.25, -0.2) is 0 Å². The van der Waals surface area contributed by atoms with Crippen molar-refractivity contribution in [2.24, 2.45) is 0 Å². The van der Waals surface area contributed by atoms with Crippen LogP contribution in [0.25, 0.3) is 0 Å². The van der Waals surface area contributed by atoms with Crippen molar-refractivity contribution >= 4 is 23.2 Å². The number of pyridine rings is 1. The summed E-state index contributed by atoms with van der Waals surface area (Å²) in [5, 5.41) is 3.54. The summed E-state index contributed by atoms with van der Waals surface area (Å²) in [6.07, 6.45) is 5.01. The lowest BCUT2D eigenvalue weighted by Crippen LogP contribution is -2.26. The summed E-state index contributed by atoms with van der Waals surface area (Å²) in [5.41, 5.74) is 3.00. The fourth-order valence-corrected chi connectivity index (χ4v) is 2.35. The first-order valence-corrected chi connectivity index (χ1v) is 8.06. The molecular formula is C18H22ClN3O. The molecule has 23 heavy (non-hydrogen) atoms. The third kappa shape index (κ3) is 6.00. The largest absolute Gasteiger partial charge is 0.326 e. The van der Waals surface area contributed by atoms with Crippen molar-refractivity contribution in [1.29, 1.82) is 0 Å². The van der Waals surface area contributed by atoms with Gasteiger partial charge in [-0.05, 0) is 55.8 Å². The minimum Gasteiger partial charge on any atom is -0.326 e. The van der Waals surface area contributed by atoms with Gasteiger partial charge in [-0.15, -0.1) is 0 Å². The number of anilines is 1.